The molecule has 0 aliphatic heterocycles. The predicted molar refractivity (Wildman–Crippen MR) is 85.4 cm³/mol. The van der Waals surface area contributed by atoms with E-state index in [1.807, 2.05) is 25.2 Å². The first-order valence-corrected chi connectivity index (χ1v) is 8.45. The zero-order valence-corrected chi connectivity index (χ0v) is 14.4. The zero-order chi connectivity index (χ0) is 13.9. The van der Waals surface area contributed by atoms with Crippen LogP contribution in [0.5, 0.6) is 0 Å². The highest BCUT2D eigenvalue weighted by molar-refractivity contribution is 9.09. The van der Waals surface area contributed by atoms with Crippen LogP contribution >= 0.6 is 43.5 Å². The molecule has 2 rings (SSSR count). The van der Waals surface area contributed by atoms with E-state index in [2.05, 4.69) is 48.0 Å². The van der Waals surface area contributed by atoms with E-state index in [1.54, 1.807) is 11.0 Å². The average molecular weight is 408 g/mol. The van der Waals surface area contributed by atoms with Crippen molar-refractivity contribution < 1.29 is 0 Å². The van der Waals surface area contributed by atoms with Crippen LogP contribution in [0, 0.1) is 0 Å². The van der Waals surface area contributed by atoms with Crippen molar-refractivity contribution in [3.63, 3.8) is 0 Å². The summed E-state index contributed by atoms with van der Waals surface area (Å²) in [6.45, 7) is 0. The molecule has 6 heteroatoms. The molecule has 0 saturated carbocycles. The minimum absolute atomic E-state index is 0.140. The van der Waals surface area contributed by atoms with Gasteiger partial charge in [-0.25, -0.2) is 4.98 Å². The predicted octanol–water partition coefficient (Wildman–Crippen LogP) is 3.74. The Labute approximate surface area is 134 Å². The van der Waals surface area contributed by atoms with Crippen molar-refractivity contribution in [2.75, 3.05) is 10.7 Å². The van der Waals surface area contributed by atoms with Crippen molar-refractivity contribution in [2.24, 2.45) is 7.05 Å². The Morgan fingerprint density at radius 3 is 2.47 bits per heavy atom. The summed E-state index contributed by atoms with van der Waals surface area (Å²) in [5.74, 6) is 0.943. The Kier molecular flexibility index (Phi) is 5.03. The molecule has 3 nitrogen and oxygen atoms in total. The number of rotatable bonds is 5. The molecule has 0 aliphatic rings. The van der Waals surface area contributed by atoms with Crippen LogP contribution in [0.4, 0.5) is 0 Å². The Morgan fingerprint density at radius 1 is 1.26 bits per heavy atom. The van der Waals surface area contributed by atoms with Crippen LogP contribution in [-0.2, 0) is 18.9 Å². The van der Waals surface area contributed by atoms with E-state index in [1.165, 1.54) is 0 Å². The normalized spacial score (nSPS) is 11.8. The van der Waals surface area contributed by atoms with E-state index in [4.69, 9.17) is 11.6 Å². The molecule has 0 amide bonds. The second kappa shape index (κ2) is 6.37. The standard InChI is InChI=1S/C13H14Br2ClN3/c1-19-12(17-9-18-19)6-13(7-14,8-15)10-4-2-3-5-11(10)16/h2-5,9H,6-8H2,1H3. The Hall–Kier alpha value is -0.390. The van der Waals surface area contributed by atoms with Gasteiger partial charge >= 0.3 is 0 Å². The molecule has 1 aromatic heterocycles. The molecule has 0 atom stereocenters. The average Bonchev–Trinajstić information content (AvgIpc) is 2.82. The number of aromatic nitrogens is 3. The lowest BCUT2D eigenvalue weighted by atomic mass is 9.81. The number of benzene rings is 1. The van der Waals surface area contributed by atoms with E-state index >= 15 is 0 Å². The fourth-order valence-electron chi connectivity index (χ4n) is 2.04. The summed E-state index contributed by atoms with van der Waals surface area (Å²) < 4.78 is 1.80. The molecule has 0 unspecified atom stereocenters. The van der Waals surface area contributed by atoms with E-state index in [0.717, 1.165) is 33.5 Å². The number of hydrogen-bond acceptors (Lipinski definition) is 2. The molecule has 0 N–H and O–H groups in total. The third-order valence-corrected chi connectivity index (χ3v) is 5.73. The van der Waals surface area contributed by atoms with Gasteiger partial charge in [-0.2, -0.15) is 5.10 Å². The molecule has 1 aromatic carbocycles. The topological polar surface area (TPSA) is 30.7 Å². The monoisotopic (exact) mass is 405 g/mol. The third kappa shape index (κ3) is 3.03. The molecule has 102 valence electrons. The van der Waals surface area contributed by atoms with E-state index in [-0.39, 0.29) is 5.41 Å². The van der Waals surface area contributed by atoms with Crippen molar-refractivity contribution in [3.8, 4) is 0 Å². The van der Waals surface area contributed by atoms with Gasteiger partial charge in [-0.3, -0.25) is 4.68 Å². The van der Waals surface area contributed by atoms with Crippen LogP contribution < -0.4 is 0 Å². The fourth-order valence-corrected chi connectivity index (χ4v) is 4.31. The Bertz CT molecular complexity index is 552. The molecular formula is C13H14Br2ClN3. The molecule has 0 aliphatic carbocycles. The maximum Gasteiger partial charge on any atom is 0.138 e. The van der Waals surface area contributed by atoms with E-state index < -0.39 is 0 Å². The van der Waals surface area contributed by atoms with Gasteiger partial charge in [0.1, 0.15) is 12.2 Å². The van der Waals surface area contributed by atoms with Gasteiger partial charge in [0, 0.05) is 34.6 Å². The maximum atomic E-state index is 6.36. The number of aryl methyl sites for hydroxylation is 1. The highest BCUT2D eigenvalue weighted by Gasteiger charge is 2.33. The van der Waals surface area contributed by atoms with E-state index in [0.29, 0.717) is 0 Å². The molecule has 0 fully saturated rings. The first kappa shape index (κ1) is 15.0. The largest absolute Gasteiger partial charge is 0.253 e. The van der Waals surface area contributed by atoms with Crippen molar-refractivity contribution in [2.45, 2.75) is 11.8 Å². The third-order valence-electron chi connectivity index (χ3n) is 3.26. The maximum absolute atomic E-state index is 6.36. The zero-order valence-electron chi connectivity index (χ0n) is 10.5. The molecule has 0 spiro atoms. The van der Waals surface area contributed by atoms with Gasteiger partial charge in [-0.15, -0.1) is 0 Å². The first-order valence-electron chi connectivity index (χ1n) is 5.83. The summed E-state index contributed by atoms with van der Waals surface area (Å²) in [4.78, 5) is 4.32. The van der Waals surface area contributed by atoms with Gasteiger partial charge < -0.3 is 0 Å². The summed E-state index contributed by atoms with van der Waals surface area (Å²) in [6, 6.07) is 7.95. The number of hydrogen-bond donors (Lipinski definition) is 0. The van der Waals surface area contributed by atoms with Crippen LogP contribution in [0.3, 0.4) is 0 Å². The fraction of sp³-hybridized carbons (Fsp3) is 0.385. The Morgan fingerprint density at radius 2 is 1.95 bits per heavy atom. The van der Waals surface area contributed by atoms with Crippen LogP contribution in [-0.4, -0.2) is 25.4 Å². The highest BCUT2D eigenvalue weighted by Crippen LogP contribution is 2.36. The van der Waals surface area contributed by atoms with Crippen LogP contribution in [0.1, 0.15) is 11.4 Å². The lowest BCUT2D eigenvalue weighted by molar-refractivity contribution is 0.515. The summed E-state index contributed by atoms with van der Waals surface area (Å²) in [5, 5.41) is 6.50. The molecule has 0 radical (unpaired) electrons. The van der Waals surface area contributed by atoms with Crippen molar-refractivity contribution in [1.82, 2.24) is 14.8 Å². The molecule has 0 saturated heterocycles. The summed E-state index contributed by atoms with van der Waals surface area (Å²) in [6.07, 6.45) is 2.35. The Balaban J connectivity index is 2.44. The number of halogens is 3. The number of alkyl halides is 2. The summed E-state index contributed by atoms with van der Waals surface area (Å²) in [5.41, 5.74) is 0.979. The lowest BCUT2D eigenvalue weighted by Crippen LogP contribution is -2.34. The highest BCUT2D eigenvalue weighted by atomic mass is 79.9. The van der Waals surface area contributed by atoms with E-state index in [9.17, 15) is 0 Å². The van der Waals surface area contributed by atoms with Crippen LogP contribution in [0.2, 0.25) is 5.02 Å². The van der Waals surface area contributed by atoms with Crippen molar-refractivity contribution in [1.29, 1.82) is 0 Å². The van der Waals surface area contributed by atoms with Gasteiger partial charge in [-0.05, 0) is 11.6 Å². The van der Waals surface area contributed by atoms with Gasteiger partial charge in [0.2, 0.25) is 0 Å². The second-order valence-electron chi connectivity index (χ2n) is 4.50. The van der Waals surface area contributed by atoms with Gasteiger partial charge in [0.05, 0.1) is 0 Å². The van der Waals surface area contributed by atoms with Gasteiger partial charge in [0.15, 0.2) is 0 Å². The number of nitrogens with zero attached hydrogens (tertiary/aromatic N) is 3. The quantitative estimate of drug-likeness (QED) is 0.707. The van der Waals surface area contributed by atoms with Crippen molar-refractivity contribution in [3.05, 3.63) is 47.0 Å². The smallest absolute Gasteiger partial charge is 0.138 e. The molecule has 19 heavy (non-hydrogen) atoms. The van der Waals surface area contributed by atoms with Gasteiger partial charge in [0.25, 0.3) is 0 Å². The summed E-state index contributed by atoms with van der Waals surface area (Å²) in [7, 11) is 1.90. The van der Waals surface area contributed by atoms with Crippen LogP contribution in [0.25, 0.3) is 0 Å². The molecule has 0 bridgehead atoms. The molecular weight excluding hydrogens is 393 g/mol. The minimum Gasteiger partial charge on any atom is -0.253 e. The molecule has 1 heterocycles. The minimum atomic E-state index is -0.140. The van der Waals surface area contributed by atoms with Crippen molar-refractivity contribution >= 4 is 43.5 Å². The van der Waals surface area contributed by atoms with Gasteiger partial charge in [-0.1, -0.05) is 61.7 Å². The second-order valence-corrected chi connectivity index (χ2v) is 6.03. The first-order chi connectivity index (χ1) is 9.13. The summed E-state index contributed by atoms with van der Waals surface area (Å²) >= 11 is 13.6. The molecule has 2 aromatic rings. The lowest BCUT2D eigenvalue weighted by Gasteiger charge is -2.31. The SMILES string of the molecule is Cn1ncnc1CC(CBr)(CBr)c1ccccc1Cl. The van der Waals surface area contributed by atoms with Crippen LogP contribution in [0.15, 0.2) is 30.6 Å².